The van der Waals surface area contributed by atoms with Crippen molar-refractivity contribution >= 4 is 17.7 Å². The number of carbonyl (C=O) groups is 2. The van der Waals surface area contributed by atoms with Crippen molar-refractivity contribution in [3.05, 3.63) is 23.3 Å². The SMILES string of the molecule is Cc1cc(C)n2nc(C(=O)NC(CC(C)C)C(=O)O)nc2n1. The maximum atomic E-state index is 12.2. The predicted molar refractivity (Wildman–Crippen MR) is 78.6 cm³/mol. The number of rotatable bonds is 5. The summed E-state index contributed by atoms with van der Waals surface area (Å²) in [5, 5.41) is 15.7. The fourth-order valence-corrected chi connectivity index (χ4v) is 2.18. The zero-order valence-electron chi connectivity index (χ0n) is 13.0. The van der Waals surface area contributed by atoms with Crippen LogP contribution >= 0.6 is 0 Å². The number of carboxylic acids is 1. The number of nitrogens with one attached hydrogen (secondary N) is 1. The van der Waals surface area contributed by atoms with Crippen LogP contribution in [0.1, 0.15) is 42.3 Å². The molecular formula is C14H19N5O3. The lowest BCUT2D eigenvalue weighted by Gasteiger charge is -2.15. The molecule has 22 heavy (non-hydrogen) atoms. The number of carboxylic acid groups (broad SMARTS) is 1. The van der Waals surface area contributed by atoms with Gasteiger partial charge in [-0.3, -0.25) is 4.79 Å². The Labute approximate surface area is 127 Å². The number of aliphatic carboxylic acids is 1. The van der Waals surface area contributed by atoms with Crippen LogP contribution < -0.4 is 5.32 Å². The van der Waals surface area contributed by atoms with E-state index >= 15 is 0 Å². The number of amides is 1. The highest BCUT2D eigenvalue weighted by Crippen LogP contribution is 2.08. The van der Waals surface area contributed by atoms with E-state index in [2.05, 4.69) is 20.4 Å². The second-order valence-corrected chi connectivity index (χ2v) is 5.68. The third-order valence-electron chi connectivity index (χ3n) is 3.13. The zero-order valence-corrected chi connectivity index (χ0v) is 13.0. The average Bonchev–Trinajstić information content (AvgIpc) is 2.81. The monoisotopic (exact) mass is 305 g/mol. The number of carbonyl (C=O) groups excluding carboxylic acids is 1. The van der Waals surface area contributed by atoms with E-state index in [0.29, 0.717) is 12.2 Å². The fourth-order valence-electron chi connectivity index (χ4n) is 2.18. The van der Waals surface area contributed by atoms with Gasteiger partial charge in [0.25, 0.3) is 11.7 Å². The van der Waals surface area contributed by atoms with Crippen LogP contribution in [0, 0.1) is 19.8 Å². The van der Waals surface area contributed by atoms with E-state index in [0.717, 1.165) is 11.4 Å². The molecule has 1 amide bonds. The molecule has 0 aliphatic rings. The van der Waals surface area contributed by atoms with Gasteiger partial charge in [0.2, 0.25) is 5.82 Å². The molecule has 1 atom stereocenters. The van der Waals surface area contributed by atoms with Crippen LogP contribution in [0.4, 0.5) is 0 Å². The second kappa shape index (κ2) is 6.08. The summed E-state index contributed by atoms with van der Waals surface area (Å²) in [7, 11) is 0. The molecule has 0 aliphatic heterocycles. The summed E-state index contributed by atoms with van der Waals surface area (Å²) >= 11 is 0. The maximum absolute atomic E-state index is 12.2. The molecule has 2 aromatic heterocycles. The van der Waals surface area contributed by atoms with Crippen LogP contribution in [0.5, 0.6) is 0 Å². The van der Waals surface area contributed by atoms with Crippen LogP contribution in [0.3, 0.4) is 0 Å². The van der Waals surface area contributed by atoms with E-state index in [1.54, 1.807) is 0 Å². The Morgan fingerprint density at radius 2 is 2.00 bits per heavy atom. The molecule has 0 bridgehead atoms. The third kappa shape index (κ3) is 3.38. The van der Waals surface area contributed by atoms with Gasteiger partial charge in [0.15, 0.2) is 0 Å². The van der Waals surface area contributed by atoms with Crippen molar-refractivity contribution < 1.29 is 14.7 Å². The van der Waals surface area contributed by atoms with E-state index in [1.165, 1.54) is 4.52 Å². The van der Waals surface area contributed by atoms with Gasteiger partial charge in [0, 0.05) is 11.4 Å². The Morgan fingerprint density at radius 1 is 1.32 bits per heavy atom. The van der Waals surface area contributed by atoms with Crippen LogP contribution in [-0.2, 0) is 4.79 Å². The normalized spacial score (nSPS) is 12.6. The molecule has 118 valence electrons. The molecule has 0 aromatic carbocycles. The number of aryl methyl sites for hydroxylation is 2. The van der Waals surface area contributed by atoms with E-state index in [4.69, 9.17) is 5.11 Å². The Morgan fingerprint density at radius 3 is 2.59 bits per heavy atom. The largest absolute Gasteiger partial charge is 0.480 e. The van der Waals surface area contributed by atoms with Crippen molar-refractivity contribution in [2.45, 2.75) is 40.2 Å². The van der Waals surface area contributed by atoms with E-state index < -0.39 is 17.9 Å². The molecule has 0 radical (unpaired) electrons. The molecule has 1 unspecified atom stereocenters. The summed E-state index contributed by atoms with van der Waals surface area (Å²) in [6.45, 7) is 7.43. The fraction of sp³-hybridized carbons (Fsp3) is 0.500. The molecule has 0 fully saturated rings. The minimum atomic E-state index is -1.07. The summed E-state index contributed by atoms with van der Waals surface area (Å²) in [4.78, 5) is 31.6. The Bertz CT molecular complexity index is 723. The van der Waals surface area contributed by atoms with Gasteiger partial charge in [-0.15, -0.1) is 5.10 Å². The van der Waals surface area contributed by atoms with E-state index in [-0.39, 0.29) is 11.7 Å². The average molecular weight is 305 g/mol. The minimum Gasteiger partial charge on any atom is -0.480 e. The van der Waals surface area contributed by atoms with Crippen molar-refractivity contribution in [1.82, 2.24) is 24.9 Å². The van der Waals surface area contributed by atoms with Gasteiger partial charge < -0.3 is 10.4 Å². The quantitative estimate of drug-likeness (QED) is 0.852. The maximum Gasteiger partial charge on any atom is 0.326 e. The number of aromatic nitrogens is 4. The Kier molecular flexibility index (Phi) is 4.39. The third-order valence-corrected chi connectivity index (χ3v) is 3.13. The number of hydrogen-bond acceptors (Lipinski definition) is 5. The second-order valence-electron chi connectivity index (χ2n) is 5.68. The van der Waals surface area contributed by atoms with Gasteiger partial charge in [0.1, 0.15) is 6.04 Å². The molecule has 0 aliphatic carbocycles. The lowest BCUT2D eigenvalue weighted by molar-refractivity contribution is -0.139. The van der Waals surface area contributed by atoms with Gasteiger partial charge in [0.05, 0.1) is 0 Å². The molecule has 0 saturated carbocycles. The molecule has 2 aromatic rings. The summed E-state index contributed by atoms with van der Waals surface area (Å²) in [6, 6.07) is 0.859. The van der Waals surface area contributed by atoms with Crippen molar-refractivity contribution in [2.24, 2.45) is 5.92 Å². The predicted octanol–water partition coefficient (Wildman–Crippen LogP) is 0.970. The molecule has 2 rings (SSSR count). The molecule has 2 heterocycles. The van der Waals surface area contributed by atoms with Crippen LogP contribution in [-0.4, -0.2) is 42.6 Å². The van der Waals surface area contributed by atoms with Gasteiger partial charge in [-0.05, 0) is 32.3 Å². The standard InChI is InChI=1S/C14H19N5O3/c1-7(2)5-10(13(21)22)16-12(20)11-17-14-15-8(3)6-9(4)19(14)18-11/h6-7,10H,5H2,1-4H3,(H,16,20)(H,21,22). The molecule has 2 N–H and O–H groups in total. The minimum absolute atomic E-state index is 0.0868. The molecular weight excluding hydrogens is 286 g/mol. The first-order valence-corrected chi connectivity index (χ1v) is 7.02. The van der Waals surface area contributed by atoms with Crippen LogP contribution in [0.15, 0.2) is 6.07 Å². The van der Waals surface area contributed by atoms with E-state index in [9.17, 15) is 9.59 Å². The van der Waals surface area contributed by atoms with Crippen molar-refractivity contribution in [3.63, 3.8) is 0 Å². The summed E-state index contributed by atoms with van der Waals surface area (Å²) < 4.78 is 1.46. The highest BCUT2D eigenvalue weighted by Gasteiger charge is 2.24. The van der Waals surface area contributed by atoms with Gasteiger partial charge >= 0.3 is 5.97 Å². The number of fused-ring (bicyclic) bond motifs is 1. The number of hydrogen-bond donors (Lipinski definition) is 2. The first-order chi connectivity index (χ1) is 10.3. The van der Waals surface area contributed by atoms with Crippen LogP contribution in [0.25, 0.3) is 5.78 Å². The van der Waals surface area contributed by atoms with Gasteiger partial charge in [-0.2, -0.15) is 4.98 Å². The lowest BCUT2D eigenvalue weighted by Crippen LogP contribution is -2.42. The van der Waals surface area contributed by atoms with Crippen molar-refractivity contribution in [2.75, 3.05) is 0 Å². The highest BCUT2D eigenvalue weighted by atomic mass is 16.4. The van der Waals surface area contributed by atoms with Crippen molar-refractivity contribution in [1.29, 1.82) is 0 Å². The summed E-state index contributed by atoms with van der Waals surface area (Å²) in [5.41, 5.74) is 1.57. The molecule has 8 heteroatoms. The Hall–Kier alpha value is -2.51. The lowest BCUT2D eigenvalue weighted by atomic mass is 10.0. The topological polar surface area (TPSA) is 109 Å². The Balaban J connectivity index is 2.25. The first-order valence-electron chi connectivity index (χ1n) is 7.02. The van der Waals surface area contributed by atoms with Crippen molar-refractivity contribution in [3.8, 4) is 0 Å². The van der Waals surface area contributed by atoms with Crippen LogP contribution in [0.2, 0.25) is 0 Å². The smallest absolute Gasteiger partial charge is 0.326 e. The molecule has 0 saturated heterocycles. The first kappa shape index (κ1) is 15.9. The number of nitrogens with zero attached hydrogens (tertiary/aromatic N) is 4. The summed E-state index contributed by atoms with van der Waals surface area (Å²) in [6.07, 6.45) is 0.338. The molecule has 0 spiro atoms. The van der Waals surface area contributed by atoms with Gasteiger partial charge in [-0.1, -0.05) is 13.8 Å². The highest BCUT2D eigenvalue weighted by molar-refractivity contribution is 5.93. The van der Waals surface area contributed by atoms with E-state index in [1.807, 2.05) is 33.8 Å². The molecule has 8 nitrogen and oxygen atoms in total. The zero-order chi connectivity index (χ0) is 16.4. The van der Waals surface area contributed by atoms with Gasteiger partial charge in [-0.25, -0.2) is 14.3 Å². The summed E-state index contributed by atoms with van der Waals surface area (Å²) in [5.74, 6) is -1.32.